The maximum absolute atomic E-state index is 4.73. The van der Waals surface area contributed by atoms with Gasteiger partial charge in [-0.2, -0.15) is 11.8 Å². The average molecular weight is 280 g/mol. The second kappa shape index (κ2) is 6.98. The third-order valence-electron chi connectivity index (χ3n) is 3.41. The van der Waals surface area contributed by atoms with Crippen molar-refractivity contribution in [3.63, 3.8) is 0 Å². The molecule has 0 spiro atoms. The van der Waals surface area contributed by atoms with Crippen molar-refractivity contribution < 1.29 is 0 Å². The van der Waals surface area contributed by atoms with E-state index in [0.29, 0.717) is 0 Å². The first kappa shape index (κ1) is 14.4. The summed E-state index contributed by atoms with van der Waals surface area (Å²) in [5.41, 5.74) is 0. The van der Waals surface area contributed by atoms with Gasteiger partial charge < -0.3 is 10.2 Å². The average Bonchev–Trinajstić information content (AvgIpc) is 2.47. The minimum absolute atomic E-state index is 0.733. The van der Waals surface area contributed by atoms with Crippen LogP contribution in [0.3, 0.4) is 0 Å². The molecule has 1 unspecified atom stereocenters. The van der Waals surface area contributed by atoms with Gasteiger partial charge in [0.25, 0.3) is 0 Å². The molecule has 1 aromatic rings. The summed E-state index contributed by atoms with van der Waals surface area (Å²) in [5.74, 6) is 4.16. The number of aromatic nitrogens is 2. The maximum Gasteiger partial charge on any atom is 0.134 e. The highest BCUT2D eigenvalue weighted by Crippen LogP contribution is 2.25. The number of anilines is 2. The Morgan fingerprint density at radius 2 is 2.26 bits per heavy atom. The van der Waals surface area contributed by atoms with Gasteiger partial charge >= 0.3 is 0 Å². The van der Waals surface area contributed by atoms with Gasteiger partial charge in [0.2, 0.25) is 0 Å². The van der Waals surface area contributed by atoms with Gasteiger partial charge in [-0.05, 0) is 12.8 Å². The summed E-state index contributed by atoms with van der Waals surface area (Å²) in [5, 5.41) is 3.88. The molecule has 1 aliphatic heterocycles. The summed E-state index contributed by atoms with van der Waals surface area (Å²) >= 11 is 2.09. The molecule has 0 bridgehead atoms. The number of hydrogen-bond acceptors (Lipinski definition) is 5. The lowest BCUT2D eigenvalue weighted by atomic mass is 10.3. The van der Waals surface area contributed by atoms with E-state index in [1.807, 2.05) is 7.05 Å². The molecule has 0 aromatic carbocycles. The summed E-state index contributed by atoms with van der Waals surface area (Å²) in [6.45, 7) is 6.63. The Balaban J connectivity index is 2.19. The minimum Gasteiger partial charge on any atom is -0.373 e. The van der Waals surface area contributed by atoms with Crippen molar-refractivity contribution >= 4 is 23.4 Å². The Hall–Kier alpha value is -0.970. The molecule has 4 nitrogen and oxygen atoms in total. The molecular formula is C14H24N4S. The number of hydrogen-bond donors (Lipinski definition) is 1. The minimum atomic E-state index is 0.733. The second-order valence-electron chi connectivity index (χ2n) is 4.87. The lowest BCUT2D eigenvalue weighted by Crippen LogP contribution is -2.38. The second-order valence-corrected chi connectivity index (χ2v) is 6.28. The van der Waals surface area contributed by atoms with Crippen LogP contribution in [0.15, 0.2) is 6.07 Å². The van der Waals surface area contributed by atoms with Crippen molar-refractivity contribution in [3.8, 4) is 0 Å². The number of rotatable bonds is 5. The summed E-state index contributed by atoms with van der Waals surface area (Å²) in [7, 11) is 1.92. The van der Waals surface area contributed by atoms with Crippen LogP contribution in [-0.4, -0.2) is 41.1 Å². The molecule has 1 aromatic heterocycles. The third kappa shape index (κ3) is 3.75. The van der Waals surface area contributed by atoms with E-state index in [0.717, 1.165) is 48.6 Å². The normalized spacial score (nSPS) is 19.5. The van der Waals surface area contributed by atoms with E-state index in [1.54, 1.807) is 0 Å². The molecule has 0 saturated carbocycles. The van der Waals surface area contributed by atoms with Gasteiger partial charge in [0.1, 0.15) is 17.5 Å². The quantitative estimate of drug-likeness (QED) is 0.898. The first-order chi connectivity index (χ1) is 9.26. The van der Waals surface area contributed by atoms with Crippen LogP contribution in [0.4, 0.5) is 11.6 Å². The van der Waals surface area contributed by atoms with Crippen molar-refractivity contribution in [2.24, 2.45) is 0 Å². The lowest BCUT2D eigenvalue weighted by Gasteiger charge is -2.33. The van der Waals surface area contributed by atoms with Crippen LogP contribution in [0.5, 0.6) is 0 Å². The highest BCUT2D eigenvalue weighted by atomic mass is 32.2. The molecule has 0 aliphatic carbocycles. The van der Waals surface area contributed by atoms with Gasteiger partial charge in [-0.25, -0.2) is 9.97 Å². The van der Waals surface area contributed by atoms with E-state index < -0.39 is 0 Å². The van der Waals surface area contributed by atoms with Gasteiger partial charge in [0.05, 0.1) is 0 Å². The molecule has 106 valence electrons. The number of nitrogens with zero attached hydrogens (tertiary/aromatic N) is 3. The fourth-order valence-corrected chi connectivity index (χ4v) is 3.46. The maximum atomic E-state index is 4.73. The number of thioether (sulfide) groups is 1. The number of aryl methyl sites for hydroxylation is 1. The third-order valence-corrected chi connectivity index (χ3v) is 4.78. The van der Waals surface area contributed by atoms with E-state index in [1.165, 1.54) is 12.2 Å². The van der Waals surface area contributed by atoms with E-state index in [2.05, 4.69) is 46.9 Å². The van der Waals surface area contributed by atoms with E-state index in [-0.39, 0.29) is 0 Å². The molecule has 5 heteroatoms. The van der Waals surface area contributed by atoms with Crippen LogP contribution >= 0.6 is 11.8 Å². The standard InChI is InChI=1S/C14H24N4S/c1-4-6-12-16-13(15-3)9-14(17-12)18-7-8-19-11(5-2)10-18/h9,11H,4-8,10H2,1-3H3,(H,15,16,17). The van der Waals surface area contributed by atoms with Gasteiger partial charge in [-0.3, -0.25) is 0 Å². The van der Waals surface area contributed by atoms with Gasteiger partial charge in [-0.15, -0.1) is 0 Å². The van der Waals surface area contributed by atoms with Crippen molar-refractivity contribution in [2.75, 3.05) is 36.1 Å². The summed E-state index contributed by atoms with van der Waals surface area (Å²) < 4.78 is 0. The molecule has 1 N–H and O–H groups in total. The van der Waals surface area contributed by atoms with Crippen LogP contribution in [-0.2, 0) is 6.42 Å². The molecule has 0 radical (unpaired) electrons. The van der Waals surface area contributed by atoms with E-state index in [9.17, 15) is 0 Å². The Labute approximate surface area is 120 Å². The van der Waals surface area contributed by atoms with Crippen molar-refractivity contribution in [3.05, 3.63) is 11.9 Å². The monoisotopic (exact) mass is 280 g/mol. The first-order valence-electron chi connectivity index (χ1n) is 7.19. The smallest absolute Gasteiger partial charge is 0.134 e. The molecule has 1 fully saturated rings. The largest absolute Gasteiger partial charge is 0.373 e. The Kier molecular flexibility index (Phi) is 5.31. The molecule has 1 aliphatic rings. The predicted molar refractivity (Wildman–Crippen MR) is 84.3 cm³/mol. The molecule has 2 heterocycles. The first-order valence-corrected chi connectivity index (χ1v) is 8.24. The summed E-state index contributed by atoms with van der Waals surface area (Å²) in [6, 6.07) is 2.07. The number of nitrogens with one attached hydrogen (secondary N) is 1. The Bertz CT molecular complexity index is 410. The van der Waals surface area contributed by atoms with Gasteiger partial charge in [0.15, 0.2) is 0 Å². The van der Waals surface area contributed by atoms with E-state index >= 15 is 0 Å². The molecule has 0 amide bonds. The molecular weight excluding hydrogens is 256 g/mol. The Morgan fingerprint density at radius 3 is 2.95 bits per heavy atom. The molecule has 1 saturated heterocycles. The fraction of sp³-hybridized carbons (Fsp3) is 0.714. The van der Waals surface area contributed by atoms with Crippen molar-refractivity contribution in [2.45, 2.75) is 38.4 Å². The van der Waals surface area contributed by atoms with Crippen molar-refractivity contribution in [1.82, 2.24) is 9.97 Å². The fourth-order valence-electron chi connectivity index (χ4n) is 2.28. The van der Waals surface area contributed by atoms with Crippen LogP contribution in [0, 0.1) is 0 Å². The van der Waals surface area contributed by atoms with Crippen LogP contribution in [0.2, 0.25) is 0 Å². The molecule has 1 atom stereocenters. The zero-order valence-corrected chi connectivity index (χ0v) is 13.0. The predicted octanol–water partition coefficient (Wildman–Crippen LogP) is 2.80. The van der Waals surface area contributed by atoms with Crippen molar-refractivity contribution in [1.29, 1.82) is 0 Å². The zero-order valence-electron chi connectivity index (χ0n) is 12.1. The Morgan fingerprint density at radius 1 is 1.42 bits per heavy atom. The van der Waals surface area contributed by atoms with Crippen LogP contribution in [0.1, 0.15) is 32.5 Å². The topological polar surface area (TPSA) is 41.1 Å². The van der Waals surface area contributed by atoms with E-state index in [4.69, 9.17) is 4.98 Å². The summed E-state index contributed by atoms with van der Waals surface area (Å²) in [6.07, 6.45) is 3.26. The molecule has 19 heavy (non-hydrogen) atoms. The SMILES string of the molecule is CCCc1nc(NC)cc(N2CCSC(CC)C2)n1. The highest BCUT2D eigenvalue weighted by molar-refractivity contribution is 8.00. The molecule has 2 rings (SSSR count). The van der Waals surface area contributed by atoms with Gasteiger partial charge in [-0.1, -0.05) is 13.8 Å². The highest BCUT2D eigenvalue weighted by Gasteiger charge is 2.20. The van der Waals surface area contributed by atoms with Gasteiger partial charge in [0, 0.05) is 43.6 Å². The zero-order chi connectivity index (χ0) is 13.7. The summed E-state index contributed by atoms with van der Waals surface area (Å²) in [4.78, 5) is 11.7. The van der Waals surface area contributed by atoms with Crippen LogP contribution in [0.25, 0.3) is 0 Å². The van der Waals surface area contributed by atoms with Crippen LogP contribution < -0.4 is 10.2 Å². The lowest BCUT2D eigenvalue weighted by molar-refractivity contribution is 0.713.